The van der Waals surface area contributed by atoms with E-state index in [1.807, 2.05) is 6.07 Å². The zero-order valence-electron chi connectivity index (χ0n) is 11.6. The van der Waals surface area contributed by atoms with Gasteiger partial charge in [-0.05, 0) is 43.1 Å². The quantitative estimate of drug-likeness (QED) is 0.799. The van der Waals surface area contributed by atoms with Gasteiger partial charge in [-0.25, -0.2) is 0 Å². The van der Waals surface area contributed by atoms with Crippen molar-refractivity contribution in [2.24, 2.45) is 11.8 Å². The van der Waals surface area contributed by atoms with Crippen molar-refractivity contribution in [3.05, 3.63) is 22.7 Å². The van der Waals surface area contributed by atoms with Crippen molar-refractivity contribution in [1.82, 2.24) is 0 Å². The second-order valence-electron chi connectivity index (χ2n) is 6.04. The van der Waals surface area contributed by atoms with E-state index in [0.29, 0.717) is 16.9 Å². The first kappa shape index (κ1) is 13.1. The molecule has 104 valence electrons. The van der Waals surface area contributed by atoms with E-state index in [-0.39, 0.29) is 0 Å². The summed E-state index contributed by atoms with van der Waals surface area (Å²) in [6.07, 6.45) is 3.64. The van der Waals surface area contributed by atoms with Gasteiger partial charge in [-0.3, -0.25) is 0 Å². The summed E-state index contributed by atoms with van der Waals surface area (Å²) >= 11 is 6.29. The predicted molar refractivity (Wildman–Crippen MR) is 77.4 cm³/mol. The van der Waals surface area contributed by atoms with Gasteiger partial charge in [0.05, 0.1) is 18.2 Å². The molecule has 1 aromatic rings. The summed E-state index contributed by atoms with van der Waals surface area (Å²) in [5.41, 5.74) is 1.26. The first-order valence-electron chi connectivity index (χ1n) is 7.24. The van der Waals surface area contributed by atoms with Gasteiger partial charge in [-0.2, -0.15) is 0 Å². The van der Waals surface area contributed by atoms with E-state index in [9.17, 15) is 0 Å². The molecule has 3 rings (SSSR count). The molecule has 1 aliphatic heterocycles. The Morgan fingerprint density at radius 1 is 1.32 bits per heavy atom. The average Bonchev–Trinajstić information content (AvgIpc) is 3.20. The lowest BCUT2D eigenvalue weighted by Crippen LogP contribution is -2.19. The standard InChI is InChI=1S/C16H21ClO2/c1-10(2)12-7-8-18-15-13(12)5-6-14(17)16(15)19-9-11-3-4-11/h5-6,10-12H,3-4,7-9H2,1-2H3/t12-/m0/s1. The molecule has 19 heavy (non-hydrogen) atoms. The van der Waals surface area contributed by atoms with Gasteiger partial charge in [0.1, 0.15) is 0 Å². The van der Waals surface area contributed by atoms with Crippen molar-refractivity contribution in [3.8, 4) is 11.5 Å². The monoisotopic (exact) mass is 280 g/mol. The summed E-state index contributed by atoms with van der Waals surface area (Å²) in [7, 11) is 0. The Bertz CT molecular complexity index is 466. The van der Waals surface area contributed by atoms with Crippen molar-refractivity contribution >= 4 is 11.6 Å². The first-order chi connectivity index (χ1) is 9.16. The van der Waals surface area contributed by atoms with E-state index >= 15 is 0 Å². The van der Waals surface area contributed by atoms with Gasteiger partial charge in [0, 0.05) is 5.56 Å². The topological polar surface area (TPSA) is 18.5 Å². The highest BCUT2D eigenvalue weighted by Crippen LogP contribution is 2.47. The third-order valence-electron chi connectivity index (χ3n) is 4.13. The third-order valence-corrected chi connectivity index (χ3v) is 4.43. The van der Waals surface area contributed by atoms with Crippen molar-refractivity contribution < 1.29 is 9.47 Å². The number of hydrogen-bond acceptors (Lipinski definition) is 2. The largest absolute Gasteiger partial charge is 0.489 e. The normalized spacial score (nSPS) is 22.0. The van der Waals surface area contributed by atoms with Gasteiger partial charge < -0.3 is 9.47 Å². The summed E-state index contributed by atoms with van der Waals surface area (Å²) in [6.45, 7) is 6.06. The van der Waals surface area contributed by atoms with Gasteiger partial charge in [0.2, 0.25) is 0 Å². The summed E-state index contributed by atoms with van der Waals surface area (Å²) < 4.78 is 11.8. The Balaban J connectivity index is 1.91. The highest BCUT2D eigenvalue weighted by Gasteiger charge is 2.29. The summed E-state index contributed by atoms with van der Waals surface area (Å²) in [5.74, 6) is 3.52. The molecule has 0 amide bonds. The van der Waals surface area contributed by atoms with Gasteiger partial charge >= 0.3 is 0 Å². The van der Waals surface area contributed by atoms with Crippen molar-refractivity contribution in [2.75, 3.05) is 13.2 Å². The first-order valence-corrected chi connectivity index (χ1v) is 7.62. The molecule has 1 aliphatic carbocycles. The Kier molecular flexibility index (Phi) is 3.62. The van der Waals surface area contributed by atoms with E-state index in [4.69, 9.17) is 21.1 Å². The van der Waals surface area contributed by atoms with Crippen LogP contribution in [0.5, 0.6) is 11.5 Å². The number of fused-ring (bicyclic) bond motifs is 1. The molecule has 0 saturated heterocycles. The van der Waals surface area contributed by atoms with Crippen LogP contribution in [0.15, 0.2) is 12.1 Å². The minimum absolute atomic E-state index is 0.546. The second kappa shape index (κ2) is 5.24. The van der Waals surface area contributed by atoms with Crippen LogP contribution in [0.25, 0.3) is 0 Å². The Morgan fingerprint density at radius 2 is 2.11 bits per heavy atom. The molecular weight excluding hydrogens is 260 g/mol. The predicted octanol–water partition coefficient (Wildman–Crippen LogP) is 4.65. The molecule has 0 unspecified atom stereocenters. The van der Waals surface area contributed by atoms with Gasteiger partial charge in [0.15, 0.2) is 11.5 Å². The highest BCUT2D eigenvalue weighted by atomic mass is 35.5. The Hall–Kier alpha value is -0.890. The molecule has 0 radical (unpaired) electrons. The summed E-state index contributed by atoms with van der Waals surface area (Å²) in [6, 6.07) is 4.05. The van der Waals surface area contributed by atoms with Crippen LogP contribution >= 0.6 is 11.6 Å². The fourth-order valence-electron chi connectivity index (χ4n) is 2.75. The molecule has 2 aliphatic rings. The van der Waals surface area contributed by atoms with E-state index in [1.165, 1.54) is 18.4 Å². The molecule has 1 fully saturated rings. The molecule has 0 N–H and O–H groups in total. The van der Waals surface area contributed by atoms with Crippen LogP contribution < -0.4 is 9.47 Å². The number of halogens is 1. The smallest absolute Gasteiger partial charge is 0.180 e. The maximum absolute atomic E-state index is 6.29. The van der Waals surface area contributed by atoms with Crippen LogP contribution in [0.3, 0.4) is 0 Å². The van der Waals surface area contributed by atoms with Crippen molar-refractivity contribution in [3.63, 3.8) is 0 Å². The number of benzene rings is 1. The molecule has 0 spiro atoms. The Labute approximate surface area is 120 Å². The van der Waals surface area contributed by atoms with Crippen LogP contribution in [-0.4, -0.2) is 13.2 Å². The fraction of sp³-hybridized carbons (Fsp3) is 0.625. The van der Waals surface area contributed by atoms with Gasteiger partial charge in [-0.1, -0.05) is 31.5 Å². The summed E-state index contributed by atoms with van der Waals surface area (Å²) in [5, 5.41) is 0.670. The Morgan fingerprint density at radius 3 is 2.79 bits per heavy atom. The van der Waals surface area contributed by atoms with Crippen molar-refractivity contribution in [1.29, 1.82) is 0 Å². The highest BCUT2D eigenvalue weighted by molar-refractivity contribution is 6.32. The SMILES string of the molecule is CC(C)[C@@H]1CCOc2c1ccc(Cl)c2OCC1CC1. The molecule has 0 aromatic heterocycles. The average molecular weight is 281 g/mol. The maximum Gasteiger partial charge on any atom is 0.180 e. The maximum atomic E-state index is 6.29. The third kappa shape index (κ3) is 2.69. The minimum Gasteiger partial charge on any atom is -0.489 e. The van der Waals surface area contributed by atoms with Crippen LogP contribution in [0.2, 0.25) is 5.02 Å². The molecule has 3 heteroatoms. The van der Waals surface area contributed by atoms with Crippen molar-refractivity contribution in [2.45, 2.75) is 39.0 Å². The van der Waals surface area contributed by atoms with Crippen LogP contribution in [0.1, 0.15) is 44.6 Å². The number of rotatable bonds is 4. The van der Waals surface area contributed by atoms with E-state index < -0.39 is 0 Å². The minimum atomic E-state index is 0.546. The van der Waals surface area contributed by atoms with Crippen LogP contribution in [0.4, 0.5) is 0 Å². The molecule has 0 bridgehead atoms. The molecule has 1 saturated carbocycles. The lowest BCUT2D eigenvalue weighted by Gasteiger charge is -2.30. The molecule has 1 atom stereocenters. The van der Waals surface area contributed by atoms with E-state index in [0.717, 1.165) is 37.1 Å². The fourth-order valence-corrected chi connectivity index (χ4v) is 2.95. The molecule has 1 heterocycles. The van der Waals surface area contributed by atoms with Crippen LogP contribution in [-0.2, 0) is 0 Å². The van der Waals surface area contributed by atoms with Gasteiger partial charge in [-0.15, -0.1) is 0 Å². The zero-order valence-corrected chi connectivity index (χ0v) is 12.4. The zero-order chi connectivity index (χ0) is 13.4. The van der Waals surface area contributed by atoms with Gasteiger partial charge in [0.25, 0.3) is 0 Å². The van der Waals surface area contributed by atoms with Crippen LogP contribution in [0, 0.1) is 11.8 Å². The molecule has 1 aromatic carbocycles. The molecular formula is C16H21ClO2. The number of hydrogen-bond donors (Lipinski definition) is 0. The lowest BCUT2D eigenvalue weighted by atomic mass is 9.84. The van der Waals surface area contributed by atoms with E-state index in [1.54, 1.807) is 0 Å². The molecule has 2 nitrogen and oxygen atoms in total. The summed E-state index contributed by atoms with van der Waals surface area (Å²) in [4.78, 5) is 0. The lowest BCUT2D eigenvalue weighted by molar-refractivity contribution is 0.222. The van der Waals surface area contributed by atoms with E-state index in [2.05, 4.69) is 19.9 Å². The number of ether oxygens (including phenoxy) is 2. The second-order valence-corrected chi connectivity index (χ2v) is 6.44.